The number of aromatic amines is 1. The van der Waals surface area contributed by atoms with Crippen molar-refractivity contribution in [2.75, 3.05) is 45.2 Å². The molecule has 3 heterocycles. The molecule has 126 valence electrons. The van der Waals surface area contributed by atoms with Crippen molar-refractivity contribution in [2.45, 2.75) is 19.4 Å². The van der Waals surface area contributed by atoms with Crippen LogP contribution in [-0.4, -0.2) is 60.7 Å². The minimum atomic E-state index is -0.0665. The largest absolute Gasteiger partial charge is 0.383 e. The molecule has 0 aromatic carbocycles. The number of H-pyrrole nitrogens is 1. The fourth-order valence-corrected chi connectivity index (χ4v) is 3.10. The number of carbonyl (C=O) groups is 1. The van der Waals surface area contributed by atoms with E-state index in [1.165, 1.54) is 0 Å². The Morgan fingerprint density at radius 2 is 2.30 bits per heavy atom. The third kappa shape index (κ3) is 3.70. The van der Waals surface area contributed by atoms with E-state index in [1.807, 2.05) is 4.90 Å². The van der Waals surface area contributed by atoms with Crippen LogP contribution in [0.15, 0.2) is 4.79 Å². The lowest BCUT2D eigenvalue weighted by Crippen LogP contribution is -2.32. The van der Waals surface area contributed by atoms with Gasteiger partial charge in [-0.3, -0.25) is 14.6 Å². The number of hydrogen-bond donors (Lipinski definition) is 3. The second kappa shape index (κ2) is 7.10. The van der Waals surface area contributed by atoms with E-state index < -0.39 is 0 Å². The summed E-state index contributed by atoms with van der Waals surface area (Å²) >= 11 is 0. The Labute approximate surface area is 134 Å². The fourth-order valence-electron chi connectivity index (χ4n) is 3.10. The summed E-state index contributed by atoms with van der Waals surface area (Å²) in [6, 6.07) is 0. The topological polar surface area (TPSA) is 99.3 Å². The molecule has 0 unspecified atom stereocenters. The third-order valence-corrected chi connectivity index (χ3v) is 4.36. The summed E-state index contributed by atoms with van der Waals surface area (Å²) in [5, 5.41) is 6.39. The second-order valence-electron chi connectivity index (χ2n) is 6.05. The number of likely N-dealkylation sites (tertiary alicyclic amines) is 1. The first-order valence-electron chi connectivity index (χ1n) is 8.00. The van der Waals surface area contributed by atoms with Crippen molar-refractivity contribution in [1.29, 1.82) is 0 Å². The van der Waals surface area contributed by atoms with Gasteiger partial charge < -0.3 is 20.3 Å². The maximum atomic E-state index is 12.1. The zero-order chi connectivity index (χ0) is 16.2. The van der Waals surface area contributed by atoms with Crippen molar-refractivity contribution in [3.8, 4) is 0 Å². The molecule has 8 heteroatoms. The molecule has 2 aliphatic heterocycles. The summed E-state index contributed by atoms with van der Waals surface area (Å²) in [6.07, 6.45) is 1.23. The van der Waals surface area contributed by atoms with Crippen LogP contribution in [0.2, 0.25) is 0 Å². The number of nitrogens with one attached hydrogen (secondary N) is 3. The number of carbonyl (C=O) groups excluding carboxylic acids is 1. The minimum Gasteiger partial charge on any atom is -0.383 e. The van der Waals surface area contributed by atoms with Crippen LogP contribution in [0.4, 0.5) is 5.95 Å². The first kappa shape index (κ1) is 15.9. The lowest BCUT2D eigenvalue weighted by molar-refractivity contribution is -0.128. The van der Waals surface area contributed by atoms with Crippen molar-refractivity contribution < 1.29 is 9.53 Å². The van der Waals surface area contributed by atoms with Crippen molar-refractivity contribution in [1.82, 2.24) is 20.2 Å². The Kier molecular flexibility index (Phi) is 4.92. The average molecular weight is 321 g/mol. The zero-order valence-corrected chi connectivity index (χ0v) is 13.4. The van der Waals surface area contributed by atoms with E-state index in [1.54, 1.807) is 7.11 Å². The number of ether oxygens (including phenoxy) is 1. The van der Waals surface area contributed by atoms with Gasteiger partial charge in [-0.25, -0.2) is 4.98 Å². The predicted molar refractivity (Wildman–Crippen MR) is 85.3 cm³/mol. The molecule has 1 saturated heterocycles. The third-order valence-electron chi connectivity index (χ3n) is 4.36. The van der Waals surface area contributed by atoms with Gasteiger partial charge in [-0.15, -0.1) is 0 Å². The van der Waals surface area contributed by atoms with E-state index >= 15 is 0 Å². The molecule has 23 heavy (non-hydrogen) atoms. The Balaban J connectivity index is 1.58. The monoisotopic (exact) mass is 321 g/mol. The molecule has 8 nitrogen and oxygen atoms in total. The SMILES string of the molecule is COCCN1C[C@H](CNc2nc3c(c(=O)[nH]2)CCNC3)CC1=O. The van der Waals surface area contributed by atoms with Gasteiger partial charge in [0.05, 0.1) is 12.3 Å². The molecule has 1 atom stereocenters. The number of rotatable bonds is 6. The molecule has 2 aliphatic rings. The molecule has 0 saturated carbocycles. The van der Waals surface area contributed by atoms with Gasteiger partial charge in [0.1, 0.15) is 0 Å². The average Bonchev–Trinajstić information content (AvgIpc) is 2.91. The molecule has 0 aliphatic carbocycles. The molecule has 0 spiro atoms. The lowest BCUT2D eigenvalue weighted by atomic mass is 10.1. The van der Waals surface area contributed by atoms with Crippen molar-refractivity contribution in [3.63, 3.8) is 0 Å². The summed E-state index contributed by atoms with van der Waals surface area (Å²) in [7, 11) is 1.63. The summed E-state index contributed by atoms with van der Waals surface area (Å²) < 4.78 is 5.02. The standard InChI is InChI=1S/C15H23N5O3/c1-23-5-4-20-9-10(6-13(20)21)7-17-15-18-12-8-16-3-2-11(12)14(22)19-15/h10,16H,2-9H2,1H3,(H2,17,18,19,22)/t10-/m0/s1. The van der Waals surface area contributed by atoms with E-state index in [9.17, 15) is 9.59 Å². The molecular weight excluding hydrogens is 298 g/mol. The molecule has 1 aromatic heterocycles. The van der Waals surface area contributed by atoms with Crippen LogP contribution in [0, 0.1) is 5.92 Å². The van der Waals surface area contributed by atoms with Crippen LogP contribution < -0.4 is 16.2 Å². The maximum absolute atomic E-state index is 12.1. The number of aromatic nitrogens is 2. The van der Waals surface area contributed by atoms with Crippen LogP contribution >= 0.6 is 0 Å². The number of anilines is 1. The minimum absolute atomic E-state index is 0.0665. The highest BCUT2D eigenvalue weighted by molar-refractivity contribution is 5.78. The van der Waals surface area contributed by atoms with E-state index in [4.69, 9.17) is 4.74 Å². The van der Waals surface area contributed by atoms with E-state index in [-0.39, 0.29) is 17.4 Å². The number of methoxy groups -OCH3 is 1. The van der Waals surface area contributed by atoms with Gasteiger partial charge >= 0.3 is 0 Å². The van der Waals surface area contributed by atoms with Gasteiger partial charge in [0.25, 0.3) is 5.56 Å². The second-order valence-corrected chi connectivity index (χ2v) is 6.05. The highest BCUT2D eigenvalue weighted by Gasteiger charge is 2.29. The van der Waals surface area contributed by atoms with Crippen LogP contribution in [0.5, 0.6) is 0 Å². The Morgan fingerprint density at radius 1 is 1.43 bits per heavy atom. The van der Waals surface area contributed by atoms with Crippen molar-refractivity contribution in [2.24, 2.45) is 5.92 Å². The van der Waals surface area contributed by atoms with Crippen LogP contribution in [0.1, 0.15) is 17.7 Å². The van der Waals surface area contributed by atoms with E-state index in [0.29, 0.717) is 51.6 Å². The summed E-state index contributed by atoms with van der Waals surface area (Å²) in [5.74, 6) is 0.865. The molecule has 1 aromatic rings. The zero-order valence-electron chi connectivity index (χ0n) is 13.4. The van der Waals surface area contributed by atoms with Crippen LogP contribution in [-0.2, 0) is 22.5 Å². The van der Waals surface area contributed by atoms with Crippen LogP contribution in [0.3, 0.4) is 0 Å². The summed E-state index contributed by atoms with van der Waals surface area (Å²) in [5.41, 5.74) is 1.52. The fraction of sp³-hybridized carbons (Fsp3) is 0.667. The maximum Gasteiger partial charge on any atom is 0.255 e. The Hall–Kier alpha value is -1.93. The van der Waals surface area contributed by atoms with Crippen molar-refractivity contribution in [3.05, 3.63) is 21.6 Å². The van der Waals surface area contributed by atoms with E-state index in [0.717, 1.165) is 17.8 Å². The smallest absolute Gasteiger partial charge is 0.255 e. The van der Waals surface area contributed by atoms with Gasteiger partial charge in [-0.05, 0) is 13.0 Å². The number of fused-ring (bicyclic) bond motifs is 1. The van der Waals surface area contributed by atoms with Crippen molar-refractivity contribution >= 4 is 11.9 Å². The summed E-state index contributed by atoms with van der Waals surface area (Å²) in [4.78, 5) is 33.1. The quantitative estimate of drug-likeness (QED) is 0.642. The normalized spacial score (nSPS) is 20.7. The lowest BCUT2D eigenvalue weighted by Gasteiger charge is -2.18. The highest BCUT2D eigenvalue weighted by Crippen LogP contribution is 2.18. The van der Waals surface area contributed by atoms with Gasteiger partial charge in [0, 0.05) is 51.2 Å². The number of hydrogen-bond acceptors (Lipinski definition) is 6. The molecule has 3 N–H and O–H groups in total. The Morgan fingerprint density at radius 3 is 3.13 bits per heavy atom. The molecule has 1 fully saturated rings. The first-order chi connectivity index (χ1) is 11.2. The molecule has 0 bridgehead atoms. The first-order valence-corrected chi connectivity index (χ1v) is 8.00. The van der Waals surface area contributed by atoms with Gasteiger partial charge in [-0.2, -0.15) is 0 Å². The highest BCUT2D eigenvalue weighted by atomic mass is 16.5. The van der Waals surface area contributed by atoms with E-state index in [2.05, 4.69) is 20.6 Å². The molecule has 1 amide bonds. The van der Waals surface area contributed by atoms with Crippen LogP contribution in [0.25, 0.3) is 0 Å². The molecule has 3 rings (SSSR count). The molecule has 0 radical (unpaired) electrons. The Bertz CT molecular complexity index is 630. The van der Waals surface area contributed by atoms with Gasteiger partial charge in [0.15, 0.2) is 0 Å². The number of amides is 1. The predicted octanol–water partition coefficient (Wildman–Crippen LogP) is -0.678. The van der Waals surface area contributed by atoms with Gasteiger partial charge in [-0.1, -0.05) is 0 Å². The molecular formula is C15H23N5O3. The van der Waals surface area contributed by atoms with Gasteiger partial charge in [0.2, 0.25) is 11.9 Å². The summed E-state index contributed by atoms with van der Waals surface area (Å²) in [6.45, 7) is 3.95. The number of nitrogens with zero attached hydrogens (tertiary/aromatic N) is 2.